The molecule has 1 heterocycles. The summed E-state index contributed by atoms with van der Waals surface area (Å²) in [6, 6.07) is 27.5. The number of aromatic carboxylic acids is 1. The highest BCUT2D eigenvalue weighted by Crippen LogP contribution is 2.32. The Morgan fingerprint density at radius 1 is 0.824 bits per heavy atom. The van der Waals surface area contributed by atoms with E-state index < -0.39 is 5.97 Å². The highest BCUT2D eigenvalue weighted by Gasteiger charge is 2.17. The van der Waals surface area contributed by atoms with Crippen LogP contribution in [0.2, 0.25) is 0 Å². The van der Waals surface area contributed by atoms with Gasteiger partial charge in [0, 0.05) is 16.8 Å². The molecule has 1 aromatic heterocycles. The Balaban J connectivity index is 1.41. The number of thiazole rings is 1. The van der Waals surface area contributed by atoms with Crippen LogP contribution >= 0.6 is 11.3 Å². The van der Waals surface area contributed by atoms with E-state index in [1.54, 1.807) is 53.8 Å². The Hall–Kier alpha value is -4.29. The molecule has 0 spiro atoms. The summed E-state index contributed by atoms with van der Waals surface area (Å²) in [6.45, 7) is 2.06. The Kier molecular flexibility index (Phi) is 5.65. The minimum Gasteiger partial charge on any atom is -0.478 e. The number of carbonyl (C=O) groups excluding carboxylic acids is 1. The Bertz CT molecular complexity index is 1540. The van der Waals surface area contributed by atoms with E-state index in [-0.39, 0.29) is 11.5 Å². The predicted octanol–water partition coefficient (Wildman–Crippen LogP) is 6.89. The van der Waals surface area contributed by atoms with Gasteiger partial charge in [-0.25, -0.2) is 9.78 Å². The molecule has 0 radical (unpaired) electrons. The van der Waals surface area contributed by atoms with Crippen molar-refractivity contribution < 1.29 is 14.7 Å². The SMILES string of the molecule is Cc1ccc2nc(-c3ccc(NC(=O)c4ccccc4-c4ccccc4C(=O)O)cc3)sc2c1. The molecule has 166 valence electrons. The van der Waals surface area contributed by atoms with Crippen molar-refractivity contribution >= 4 is 39.1 Å². The second-order valence-corrected chi connectivity index (χ2v) is 8.95. The van der Waals surface area contributed by atoms with Gasteiger partial charge in [-0.05, 0) is 72.1 Å². The van der Waals surface area contributed by atoms with Gasteiger partial charge in [0.2, 0.25) is 0 Å². The number of nitrogens with one attached hydrogen (secondary N) is 1. The minimum absolute atomic E-state index is 0.151. The van der Waals surface area contributed by atoms with Gasteiger partial charge in [-0.1, -0.05) is 42.5 Å². The first kappa shape index (κ1) is 21.6. The molecule has 0 aliphatic heterocycles. The van der Waals surface area contributed by atoms with Crippen molar-refractivity contribution in [3.05, 3.63) is 108 Å². The van der Waals surface area contributed by atoms with Crippen LogP contribution in [0.15, 0.2) is 91.0 Å². The van der Waals surface area contributed by atoms with E-state index >= 15 is 0 Å². The number of hydrogen-bond acceptors (Lipinski definition) is 4. The summed E-state index contributed by atoms with van der Waals surface area (Å²) in [5, 5.41) is 13.4. The third kappa shape index (κ3) is 4.19. The number of aryl methyl sites for hydroxylation is 1. The van der Waals surface area contributed by atoms with Crippen LogP contribution in [-0.2, 0) is 0 Å². The van der Waals surface area contributed by atoms with Gasteiger partial charge < -0.3 is 10.4 Å². The van der Waals surface area contributed by atoms with Crippen LogP contribution in [0.3, 0.4) is 0 Å². The molecule has 0 aliphatic rings. The molecule has 5 rings (SSSR count). The van der Waals surface area contributed by atoms with E-state index in [4.69, 9.17) is 4.98 Å². The van der Waals surface area contributed by atoms with Crippen molar-refractivity contribution in [1.82, 2.24) is 4.98 Å². The number of aromatic nitrogens is 1. The van der Waals surface area contributed by atoms with E-state index in [1.807, 2.05) is 30.3 Å². The number of amides is 1. The Labute approximate surface area is 200 Å². The van der Waals surface area contributed by atoms with Crippen molar-refractivity contribution in [3.63, 3.8) is 0 Å². The third-order valence-corrected chi connectivity index (χ3v) is 6.62. The molecule has 34 heavy (non-hydrogen) atoms. The fourth-order valence-corrected chi connectivity index (χ4v) is 4.94. The van der Waals surface area contributed by atoms with Crippen LogP contribution < -0.4 is 5.32 Å². The zero-order chi connectivity index (χ0) is 23.7. The van der Waals surface area contributed by atoms with Gasteiger partial charge in [0.15, 0.2) is 0 Å². The maximum Gasteiger partial charge on any atom is 0.336 e. The number of carboxylic acids is 1. The van der Waals surface area contributed by atoms with E-state index in [9.17, 15) is 14.7 Å². The van der Waals surface area contributed by atoms with Gasteiger partial charge in [-0.15, -0.1) is 11.3 Å². The maximum atomic E-state index is 13.1. The minimum atomic E-state index is -1.04. The maximum absolute atomic E-state index is 13.1. The van der Waals surface area contributed by atoms with E-state index in [1.165, 1.54) is 11.6 Å². The molecule has 0 atom stereocenters. The quantitative estimate of drug-likeness (QED) is 0.297. The van der Waals surface area contributed by atoms with Crippen LogP contribution in [0, 0.1) is 6.92 Å². The normalized spacial score (nSPS) is 10.9. The van der Waals surface area contributed by atoms with Crippen molar-refractivity contribution in [1.29, 1.82) is 0 Å². The molecule has 0 saturated heterocycles. The molecule has 0 aliphatic carbocycles. The Morgan fingerprint density at radius 3 is 2.18 bits per heavy atom. The topological polar surface area (TPSA) is 79.3 Å². The van der Waals surface area contributed by atoms with Crippen molar-refractivity contribution in [2.24, 2.45) is 0 Å². The third-order valence-electron chi connectivity index (χ3n) is 5.55. The fourth-order valence-electron chi connectivity index (χ4n) is 3.87. The average Bonchev–Trinajstić information content (AvgIpc) is 3.27. The smallest absolute Gasteiger partial charge is 0.336 e. The van der Waals surface area contributed by atoms with Gasteiger partial charge >= 0.3 is 5.97 Å². The van der Waals surface area contributed by atoms with Crippen molar-refractivity contribution in [2.75, 3.05) is 5.32 Å². The number of nitrogens with zero attached hydrogens (tertiary/aromatic N) is 1. The summed E-state index contributed by atoms with van der Waals surface area (Å²) < 4.78 is 1.14. The summed E-state index contributed by atoms with van der Waals surface area (Å²) >= 11 is 1.64. The van der Waals surface area contributed by atoms with Gasteiger partial charge in [0.1, 0.15) is 5.01 Å². The lowest BCUT2D eigenvalue weighted by molar-refractivity contribution is 0.0697. The highest BCUT2D eigenvalue weighted by atomic mass is 32.1. The van der Waals surface area contributed by atoms with Crippen LogP contribution in [-0.4, -0.2) is 22.0 Å². The lowest BCUT2D eigenvalue weighted by Crippen LogP contribution is -2.13. The molecule has 2 N–H and O–H groups in total. The van der Waals surface area contributed by atoms with E-state index in [0.29, 0.717) is 22.4 Å². The van der Waals surface area contributed by atoms with Crippen LogP contribution in [0.5, 0.6) is 0 Å². The zero-order valence-electron chi connectivity index (χ0n) is 18.3. The first-order chi connectivity index (χ1) is 16.5. The molecule has 5 aromatic rings. The van der Waals surface area contributed by atoms with Crippen LogP contribution in [0.4, 0.5) is 5.69 Å². The van der Waals surface area contributed by atoms with E-state index in [0.717, 1.165) is 20.8 Å². The van der Waals surface area contributed by atoms with E-state index in [2.05, 4.69) is 24.4 Å². The first-order valence-corrected chi connectivity index (χ1v) is 11.5. The summed E-state index contributed by atoms with van der Waals surface area (Å²) in [7, 11) is 0. The van der Waals surface area contributed by atoms with Crippen molar-refractivity contribution in [2.45, 2.75) is 6.92 Å². The lowest BCUT2D eigenvalue weighted by Gasteiger charge is -2.12. The predicted molar refractivity (Wildman–Crippen MR) is 137 cm³/mol. The van der Waals surface area contributed by atoms with Crippen molar-refractivity contribution in [3.8, 4) is 21.7 Å². The number of carbonyl (C=O) groups is 2. The molecule has 0 fully saturated rings. The summed E-state index contributed by atoms with van der Waals surface area (Å²) in [5.74, 6) is -1.34. The number of anilines is 1. The molecule has 0 saturated carbocycles. The van der Waals surface area contributed by atoms with Gasteiger partial charge in [-0.2, -0.15) is 0 Å². The van der Waals surface area contributed by atoms with Gasteiger partial charge in [-0.3, -0.25) is 4.79 Å². The molecule has 0 bridgehead atoms. The average molecular weight is 465 g/mol. The second-order valence-electron chi connectivity index (χ2n) is 7.92. The molecule has 1 amide bonds. The fraction of sp³-hybridized carbons (Fsp3) is 0.0357. The van der Waals surface area contributed by atoms with Gasteiger partial charge in [0.05, 0.1) is 15.8 Å². The molecule has 0 unspecified atom stereocenters. The zero-order valence-corrected chi connectivity index (χ0v) is 19.1. The monoisotopic (exact) mass is 464 g/mol. The Morgan fingerprint density at radius 2 is 1.47 bits per heavy atom. The lowest BCUT2D eigenvalue weighted by atomic mass is 9.95. The first-order valence-electron chi connectivity index (χ1n) is 10.7. The van der Waals surface area contributed by atoms with Crippen LogP contribution in [0.1, 0.15) is 26.3 Å². The second kappa shape index (κ2) is 8.92. The number of rotatable bonds is 5. The number of carboxylic acid groups (broad SMARTS) is 1. The molecule has 6 heteroatoms. The van der Waals surface area contributed by atoms with Gasteiger partial charge in [0.25, 0.3) is 5.91 Å². The molecule has 4 aromatic carbocycles. The number of hydrogen-bond donors (Lipinski definition) is 2. The standard InChI is InChI=1S/C28H20N2O3S/c1-17-10-15-24-25(16-17)34-27(30-24)18-11-13-19(14-12-18)29-26(31)22-8-4-2-6-20(22)21-7-3-5-9-23(21)28(32)33/h2-16H,1H3,(H,29,31)(H,32,33). The number of fused-ring (bicyclic) bond motifs is 1. The summed E-state index contributed by atoms with van der Waals surface area (Å²) in [5.41, 5.74) is 5.43. The molecular weight excluding hydrogens is 444 g/mol. The van der Waals surface area contributed by atoms with Crippen LogP contribution in [0.25, 0.3) is 31.9 Å². The molecular formula is C28H20N2O3S. The number of benzene rings is 4. The summed E-state index contributed by atoms with van der Waals surface area (Å²) in [6.07, 6.45) is 0. The highest BCUT2D eigenvalue weighted by molar-refractivity contribution is 7.21. The largest absolute Gasteiger partial charge is 0.478 e. The molecule has 5 nitrogen and oxygen atoms in total. The summed E-state index contributed by atoms with van der Waals surface area (Å²) in [4.78, 5) is 29.5.